The zero-order valence-electron chi connectivity index (χ0n) is 22.1. The topological polar surface area (TPSA) is 75.7 Å². The third-order valence-electron chi connectivity index (χ3n) is 6.34. The maximum Gasteiger partial charge on any atom is 0.264 e. The van der Waals surface area contributed by atoms with Crippen LogP contribution in [0.1, 0.15) is 60.5 Å². The highest BCUT2D eigenvalue weighted by molar-refractivity contribution is 7.92. The molecule has 0 heterocycles. The van der Waals surface area contributed by atoms with E-state index in [1.807, 2.05) is 45.9 Å². The zero-order valence-corrected chi connectivity index (χ0v) is 22.9. The Balaban J connectivity index is 1.95. The van der Waals surface area contributed by atoms with Crippen molar-refractivity contribution in [3.63, 3.8) is 0 Å². The standard InChI is InChI=1S/C29H36N2O4S/c1-19(2)25-17-26(22(5)16-28(25)35-7)23(6)30-29(32)18-31(27-15-20(3)13-14-21(27)4)36(33,34)24-11-9-8-10-12-24/h8-17,19,23H,18H2,1-7H3,(H,30,32)/t23-/m1/s1. The fourth-order valence-corrected chi connectivity index (χ4v) is 5.81. The van der Waals surface area contributed by atoms with E-state index in [0.29, 0.717) is 5.69 Å². The number of carbonyl (C=O) groups is 1. The van der Waals surface area contributed by atoms with Crippen molar-refractivity contribution in [3.05, 3.63) is 88.5 Å². The van der Waals surface area contributed by atoms with Crippen LogP contribution in [0.5, 0.6) is 5.75 Å². The van der Waals surface area contributed by atoms with Crippen molar-refractivity contribution in [2.75, 3.05) is 18.0 Å². The van der Waals surface area contributed by atoms with E-state index in [1.54, 1.807) is 43.5 Å². The SMILES string of the molecule is COc1cc(C)c([C@@H](C)NC(=O)CN(c2cc(C)ccc2C)S(=O)(=O)c2ccccc2)cc1C(C)C. The van der Waals surface area contributed by atoms with E-state index in [2.05, 4.69) is 25.2 Å². The zero-order chi connectivity index (χ0) is 26.6. The number of aryl methyl sites for hydroxylation is 3. The van der Waals surface area contributed by atoms with Gasteiger partial charge in [0.05, 0.1) is 23.7 Å². The van der Waals surface area contributed by atoms with E-state index in [4.69, 9.17) is 4.74 Å². The second kappa shape index (κ2) is 11.2. The molecule has 0 radical (unpaired) electrons. The summed E-state index contributed by atoms with van der Waals surface area (Å²) >= 11 is 0. The van der Waals surface area contributed by atoms with Crippen LogP contribution in [0.4, 0.5) is 5.69 Å². The van der Waals surface area contributed by atoms with Gasteiger partial charge in [0.2, 0.25) is 5.91 Å². The van der Waals surface area contributed by atoms with Gasteiger partial charge in [0.25, 0.3) is 10.0 Å². The summed E-state index contributed by atoms with van der Waals surface area (Å²) in [5.74, 6) is 0.682. The molecule has 0 unspecified atom stereocenters. The molecule has 0 bridgehead atoms. The van der Waals surface area contributed by atoms with Crippen molar-refractivity contribution in [2.24, 2.45) is 0 Å². The van der Waals surface area contributed by atoms with Gasteiger partial charge in [-0.05, 0) is 91.8 Å². The second-order valence-corrected chi connectivity index (χ2v) is 11.4. The number of nitrogens with one attached hydrogen (secondary N) is 1. The predicted octanol–water partition coefficient (Wildman–Crippen LogP) is 5.82. The Bertz CT molecular complexity index is 1330. The molecule has 1 N–H and O–H groups in total. The van der Waals surface area contributed by atoms with Crippen molar-refractivity contribution in [1.29, 1.82) is 0 Å². The van der Waals surface area contributed by atoms with E-state index in [9.17, 15) is 13.2 Å². The van der Waals surface area contributed by atoms with Gasteiger partial charge in [-0.1, -0.05) is 44.2 Å². The van der Waals surface area contributed by atoms with Gasteiger partial charge in [0, 0.05) is 0 Å². The Morgan fingerprint density at radius 2 is 1.58 bits per heavy atom. The molecule has 1 amide bonds. The van der Waals surface area contributed by atoms with Crippen LogP contribution in [0.3, 0.4) is 0 Å². The number of hydrogen-bond acceptors (Lipinski definition) is 4. The molecule has 36 heavy (non-hydrogen) atoms. The van der Waals surface area contributed by atoms with Gasteiger partial charge in [0.1, 0.15) is 12.3 Å². The second-order valence-electron chi connectivity index (χ2n) is 9.51. The van der Waals surface area contributed by atoms with Crippen LogP contribution >= 0.6 is 0 Å². The summed E-state index contributed by atoms with van der Waals surface area (Å²) in [6, 6.07) is 17.5. The third kappa shape index (κ3) is 5.90. The molecule has 0 aliphatic carbocycles. The Morgan fingerprint density at radius 1 is 0.917 bits per heavy atom. The van der Waals surface area contributed by atoms with Crippen LogP contribution in [-0.2, 0) is 14.8 Å². The maximum absolute atomic E-state index is 13.7. The number of amides is 1. The van der Waals surface area contributed by atoms with E-state index < -0.39 is 10.0 Å². The van der Waals surface area contributed by atoms with Crippen molar-refractivity contribution < 1.29 is 17.9 Å². The highest BCUT2D eigenvalue weighted by Crippen LogP contribution is 2.32. The lowest BCUT2D eigenvalue weighted by atomic mass is 9.93. The molecular weight excluding hydrogens is 472 g/mol. The number of hydrogen-bond donors (Lipinski definition) is 1. The van der Waals surface area contributed by atoms with E-state index in [0.717, 1.165) is 33.6 Å². The molecule has 0 saturated heterocycles. The van der Waals surface area contributed by atoms with Crippen LogP contribution in [0, 0.1) is 20.8 Å². The first kappa shape index (κ1) is 27.3. The molecule has 0 aliphatic rings. The summed E-state index contributed by atoms with van der Waals surface area (Å²) in [5, 5.41) is 3.01. The number of carbonyl (C=O) groups excluding carboxylic acids is 1. The number of nitrogens with zero attached hydrogens (tertiary/aromatic N) is 1. The van der Waals surface area contributed by atoms with Crippen LogP contribution in [-0.4, -0.2) is 28.0 Å². The van der Waals surface area contributed by atoms with Gasteiger partial charge in [-0.15, -0.1) is 0 Å². The first-order valence-electron chi connectivity index (χ1n) is 12.1. The normalized spacial score (nSPS) is 12.3. The highest BCUT2D eigenvalue weighted by Gasteiger charge is 2.29. The quantitative estimate of drug-likeness (QED) is 0.395. The third-order valence-corrected chi connectivity index (χ3v) is 8.11. The molecule has 192 valence electrons. The summed E-state index contributed by atoms with van der Waals surface area (Å²) < 4.78 is 34.1. The number of methoxy groups -OCH3 is 1. The monoisotopic (exact) mass is 508 g/mol. The number of rotatable bonds is 9. The number of benzene rings is 3. The fraction of sp³-hybridized carbons (Fsp3) is 0.345. The van der Waals surface area contributed by atoms with Gasteiger partial charge in [-0.2, -0.15) is 0 Å². The highest BCUT2D eigenvalue weighted by atomic mass is 32.2. The van der Waals surface area contributed by atoms with Gasteiger partial charge >= 0.3 is 0 Å². The van der Waals surface area contributed by atoms with Gasteiger partial charge in [-0.25, -0.2) is 8.42 Å². The Labute approximate surface area is 215 Å². The lowest BCUT2D eigenvalue weighted by Crippen LogP contribution is -2.42. The summed E-state index contributed by atoms with van der Waals surface area (Å²) in [6.07, 6.45) is 0. The minimum atomic E-state index is -3.97. The molecular formula is C29H36N2O4S. The molecule has 3 rings (SSSR count). The van der Waals surface area contributed by atoms with Crippen molar-refractivity contribution in [2.45, 2.75) is 58.4 Å². The van der Waals surface area contributed by atoms with Crippen molar-refractivity contribution in [3.8, 4) is 5.75 Å². The van der Waals surface area contributed by atoms with Crippen molar-refractivity contribution >= 4 is 21.6 Å². The fourth-order valence-electron chi connectivity index (χ4n) is 4.31. The summed E-state index contributed by atoms with van der Waals surface area (Å²) in [6.45, 7) is 11.5. The molecule has 1 atom stereocenters. The molecule has 0 saturated carbocycles. The molecule has 7 heteroatoms. The Kier molecular flexibility index (Phi) is 8.46. The summed E-state index contributed by atoms with van der Waals surface area (Å²) in [7, 11) is -2.31. The minimum Gasteiger partial charge on any atom is -0.496 e. The van der Waals surface area contributed by atoms with E-state index in [-0.39, 0.29) is 29.3 Å². The number of ether oxygens (including phenoxy) is 1. The lowest BCUT2D eigenvalue weighted by Gasteiger charge is -2.27. The van der Waals surface area contributed by atoms with Crippen LogP contribution in [0.15, 0.2) is 65.6 Å². The van der Waals surface area contributed by atoms with Gasteiger partial charge in [-0.3, -0.25) is 9.10 Å². The smallest absolute Gasteiger partial charge is 0.264 e. The molecule has 0 spiro atoms. The van der Waals surface area contributed by atoms with Crippen LogP contribution in [0.2, 0.25) is 0 Å². The summed E-state index contributed by atoms with van der Waals surface area (Å²) in [4.78, 5) is 13.4. The number of anilines is 1. The minimum absolute atomic E-state index is 0.138. The molecule has 0 aliphatic heterocycles. The molecule has 3 aromatic carbocycles. The van der Waals surface area contributed by atoms with E-state index in [1.165, 1.54) is 4.31 Å². The summed E-state index contributed by atoms with van der Waals surface area (Å²) in [5.41, 5.74) is 5.19. The molecule has 6 nitrogen and oxygen atoms in total. The maximum atomic E-state index is 13.7. The molecule has 0 aromatic heterocycles. The largest absolute Gasteiger partial charge is 0.496 e. The molecule has 0 fully saturated rings. The Morgan fingerprint density at radius 3 is 2.19 bits per heavy atom. The van der Waals surface area contributed by atoms with Crippen LogP contribution < -0.4 is 14.4 Å². The van der Waals surface area contributed by atoms with Crippen molar-refractivity contribution in [1.82, 2.24) is 5.32 Å². The first-order valence-corrected chi connectivity index (χ1v) is 13.5. The van der Waals surface area contributed by atoms with Gasteiger partial charge in [0.15, 0.2) is 0 Å². The van der Waals surface area contributed by atoms with Crippen LogP contribution in [0.25, 0.3) is 0 Å². The average molecular weight is 509 g/mol. The predicted molar refractivity (Wildman–Crippen MR) is 145 cm³/mol. The van der Waals surface area contributed by atoms with E-state index >= 15 is 0 Å². The van der Waals surface area contributed by atoms with Gasteiger partial charge < -0.3 is 10.1 Å². The molecule has 3 aromatic rings. The first-order chi connectivity index (χ1) is 16.9. The Hall–Kier alpha value is -3.32. The lowest BCUT2D eigenvalue weighted by molar-refractivity contribution is -0.120. The number of sulfonamides is 1. The average Bonchev–Trinajstić information content (AvgIpc) is 2.84.